The number of fused-ring (bicyclic) bond motifs is 2. The van der Waals surface area contributed by atoms with Crippen LogP contribution in [-0.4, -0.2) is 11.9 Å². The average molecular weight is 323 g/mol. The predicted molar refractivity (Wildman–Crippen MR) is 79.8 cm³/mol. The molecule has 2 bridgehead atoms. The minimum atomic E-state index is -0.00818. The highest BCUT2D eigenvalue weighted by Crippen LogP contribution is 2.48. The molecule has 0 radical (unpaired) electrons. The number of hydrogen-bond acceptors (Lipinski definition) is 2. The van der Waals surface area contributed by atoms with E-state index >= 15 is 0 Å². The van der Waals surface area contributed by atoms with E-state index in [9.17, 15) is 4.79 Å². The number of hydrogen-bond donors (Lipinski definition) is 2. The number of anilines is 1. The lowest BCUT2D eigenvalue weighted by molar-refractivity contribution is -0.121. The van der Waals surface area contributed by atoms with Gasteiger partial charge >= 0.3 is 0 Å². The number of aryl methyl sites for hydroxylation is 1. The number of rotatable bonds is 2. The molecule has 4 unspecified atom stereocenters. The third kappa shape index (κ3) is 2.21. The predicted octanol–water partition coefficient (Wildman–Crippen LogP) is 3.07. The van der Waals surface area contributed by atoms with Gasteiger partial charge in [-0.15, -0.1) is 0 Å². The summed E-state index contributed by atoms with van der Waals surface area (Å²) in [5.41, 5.74) is 8.18. The second kappa shape index (κ2) is 4.91. The number of carbonyl (C=O) groups excluding carboxylic acids is 1. The lowest BCUT2D eigenvalue weighted by Crippen LogP contribution is -2.42. The molecule has 0 aromatic heterocycles. The second-order valence-electron chi connectivity index (χ2n) is 5.86. The van der Waals surface area contributed by atoms with Crippen LogP contribution in [0.1, 0.15) is 24.8 Å². The lowest BCUT2D eigenvalue weighted by atomic mass is 9.84. The Hall–Kier alpha value is -0.870. The quantitative estimate of drug-likeness (QED) is 0.879. The van der Waals surface area contributed by atoms with Crippen molar-refractivity contribution in [3.05, 3.63) is 28.2 Å². The molecule has 1 aromatic rings. The Kier molecular flexibility index (Phi) is 3.39. The molecule has 0 spiro atoms. The van der Waals surface area contributed by atoms with Crippen molar-refractivity contribution in [2.45, 2.75) is 32.2 Å². The van der Waals surface area contributed by atoms with Crippen molar-refractivity contribution in [2.24, 2.45) is 23.5 Å². The van der Waals surface area contributed by atoms with Gasteiger partial charge < -0.3 is 11.1 Å². The fourth-order valence-corrected chi connectivity index (χ4v) is 4.05. The topological polar surface area (TPSA) is 55.1 Å². The molecule has 3 nitrogen and oxygen atoms in total. The maximum atomic E-state index is 12.5. The summed E-state index contributed by atoms with van der Waals surface area (Å²) >= 11 is 3.53. The molecule has 1 aromatic carbocycles. The van der Waals surface area contributed by atoms with Crippen LogP contribution in [-0.2, 0) is 4.79 Å². The van der Waals surface area contributed by atoms with Gasteiger partial charge in [-0.05, 0) is 65.6 Å². The summed E-state index contributed by atoms with van der Waals surface area (Å²) in [6, 6.07) is 5.94. The Bertz CT molecular complexity index is 515. The van der Waals surface area contributed by atoms with Crippen LogP contribution in [0.4, 0.5) is 5.69 Å². The average Bonchev–Trinajstić information content (AvgIpc) is 2.95. The molecule has 4 atom stereocenters. The molecule has 3 N–H and O–H groups in total. The van der Waals surface area contributed by atoms with E-state index in [2.05, 4.69) is 21.2 Å². The number of benzene rings is 1. The molecule has 102 valence electrons. The van der Waals surface area contributed by atoms with Gasteiger partial charge in [0.05, 0.1) is 11.6 Å². The molecule has 0 saturated heterocycles. The minimum Gasteiger partial charge on any atom is -0.327 e. The smallest absolute Gasteiger partial charge is 0.229 e. The molecule has 2 saturated carbocycles. The standard InChI is InChI=1S/C15H19BrN2O/c1-8-3-2-4-11(13(8)16)18-15(19)12-9-5-6-10(7-9)14(12)17/h2-4,9-10,12,14H,5-7,17H2,1H3,(H,18,19). The van der Waals surface area contributed by atoms with E-state index in [1.165, 1.54) is 6.42 Å². The number of halogens is 1. The summed E-state index contributed by atoms with van der Waals surface area (Å²) in [7, 11) is 0. The SMILES string of the molecule is Cc1cccc(NC(=O)C2C3CCC(C3)C2N)c1Br. The first-order valence-corrected chi connectivity index (χ1v) is 7.69. The molecule has 0 heterocycles. The third-order valence-electron chi connectivity index (χ3n) is 4.73. The molecule has 2 aliphatic rings. The van der Waals surface area contributed by atoms with Crippen molar-refractivity contribution in [2.75, 3.05) is 5.32 Å². The van der Waals surface area contributed by atoms with Gasteiger partial charge in [0.1, 0.15) is 0 Å². The molecule has 0 aliphatic heterocycles. The third-order valence-corrected chi connectivity index (χ3v) is 5.79. The molecule has 2 fully saturated rings. The Morgan fingerprint density at radius 1 is 1.37 bits per heavy atom. The summed E-state index contributed by atoms with van der Waals surface area (Å²) in [6.45, 7) is 2.02. The number of amides is 1. The molecule has 19 heavy (non-hydrogen) atoms. The van der Waals surface area contributed by atoms with Gasteiger partial charge in [0.25, 0.3) is 0 Å². The number of nitrogens with two attached hydrogens (primary N) is 1. The number of nitrogens with one attached hydrogen (secondary N) is 1. The van der Waals surface area contributed by atoms with Crippen molar-refractivity contribution in [3.8, 4) is 0 Å². The first kappa shape index (κ1) is 13.1. The van der Waals surface area contributed by atoms with E-state index in [0.717, 1.165) is 28.6 Å². The van der Waals surface area contributed by atoms with Gasteiger partial charge in [-0.1, -0.05) is 12.1 Å². The largest absolute Gasteiger partial charge is 0.327 e. The summed E-state index contributed by atoms with van der Waals surface area (Å²) < 4.78 is 0.958. The summed E-state index contributed by atoms with van der Waals surface area (Å²) in [5.74, 6) is 1.13. The van der Waals surface area contributed by atoms with Crippen LogP contribution in [0.3, 0.4) is 0 Å². The molecular weight excluding hydrogens is 304 g/mol. The van der Waals surface area contributed by atoms with Crippen LogP contribution in [0.2, 0.25) is 0 Å². The van der Waals surface area contributed by atoms with Gasteiger partial charge in [0.15, 0.2) is 0 Å². The van der Waals surface area contributed by atoms with Gasteiger partial charge in [-0.2, -0.15) is 0 Å². The van der Waals surface area contributed by atoms with E-state index < -0.39 is 0 Å². The van der Waals surface area contributed by atoms with Crippen molar-refractivity contribution in [1.82, 2.24) is 0 Å². The zero-order valence-electron chi connectivity index (χ0n) is 11.0. The summed E-state index contributed by atoms with van der Waals surface area (Å²) in [4.78, 5) is 12.5. The zero-order chi connectivity index (χ0) is 13.6. The highest BCUT2D eigenvalue weighted by atomic mass is 79.9. The van der Waals surface area contributed by atoms with E-state index in [1.807, 2.05) is 25.1 Å². The molecule has 1 amide bonds. The van der Waals surface area contributed by atoms with Crippen LogP contribution in [0.15, 0.2) is 22.7 Å². The van der Waals surface area contributed by atoms with Crippen LogP contribution in [0.25, 0.3) is 0 Å². The normalized spacial score (nSPS) is 32.6. The van der Waals surface area contributed by atoms with Crippen LogP contribution >= 0.6 is 15.9 Å². The van der Waals surface area contributed by atoms with Gasteiger partial charge in [-0.25, -0.2) is 0 Å². The fourth-order valence-electron chi connectivity index (χ4n) is 3.68. The van der Waals surface area contributed by atoms with E-state index in [0.29, 0.717) is 11.8 Å². The molecule has 2 aliphatic carbocycles. The Morgan fingerprint density at radius 2 is 2.11 bits per heavy atom. The maximum absolute atomic E-state index is 12.5. The van der Waals surface area contributed by atoms with Crippen molar-refractivity contribution in [1.29, 1.82) is 0 Å². The van der Waals surface area contributed by atoms with Crippen molar-refractivity contribution >= 4 is 27.5 Å². The molecular formula is C15H19BrN2O. The highest BCUT2D eigenvalue weighted by Gasteiger charge is 2.49. The lowest BCUT2D eigenvalue weighted by Gasteiger charge is -2.27. The Balaban J connectivity index is 1.77. The maximum Gasteiger partial charge on any atom is 0.229 e. The van der Waals surface area contributed by atoms with Gasteiger partial charge in [-0.3, -0.25) is 4.79 Å². The van der Waals surface area contributed by atoms with Crippen LogP contribution in [0.5, 0.6) is 0 Å². The van der Waals surface area contributed by atoms with Crippen LogP contribution in [0, 0.1) is 24.7 Å². The summed E-state index contributed by atoms with van der Waals surface area (Å²) in [6.07, 6.45) is 3.49. The Morgan fingerprint density at radius 3 is 2.79 bits per heavy atom. The van der Waals surface area contributed by atoms with Crippen molar-refractivity contribution < 1.29 is 4.79 Å². The van der Waals surface area contributed by atoms with Crippen molar-refractivity contribution in [3.63, 3.8) is 0 Å². The minimum absolute atomic E-state index is 0.00818. The highest BCUT2D eigenvalue weighted by molar-refractivity contribution is 9.10. The van der Waals surface area contributed by atoms with Gasteiger partial charge in [0.2, 0.25) is 5.91 Å². The van der Waals surface area contributed by atoms with Gasteiger partial charge in [0, 0.05) is 10.5 Å². The zero-order valence-corrected chi connectivity index (χ0v) is 12.6. The fraction of sp³-hybridized carbons (Fsp3) is 0.533. The van der Waals surface area contributed by atoms with E-state index in [1.54, 1.807) is 0 Å². The number of carbonyl (C=O) groups is 1. The van der Waals surface area contributed by atoms with Crippen LogP contribution < -0.4 is 11.1 Å². The van der Waals surface area contributed by atoms with E-state index in [-0.39, 0.29) is 17.9 Å². The first-order chi connectivity index (χ1) is 9.08. The summed E-state index contributed by atoms with van der Waals surface area (Å²) in [5, 5.41) is 3.04. The monoisotopic (exact) mass is 322 g/mol. The van der Waals surface area contributed by atoms with E-state index in [4.69, 9.17) is 5.73 Å². The Labute approximate surface area is 122 Å². The first-order valence-electron chi connectivity index (χ1n) is 6.89. The molecule has 3 rings (SSSR count). The second-order valence-corrected chi connectivity index (χ2v) is 6.66. The molecule has 4 heteroatoms.